The van der Waals surface area contributed by atoms with Gasteiger partial charge in [-0.2, -0.15) is 0 Å². The smallest absolute Gasteiger partial charge is 0.209 e. The van der Waals surface area contributed by atoms with Crippen LogP contribution in [-0.2, 0) is 0 Å². The Morgan fingerprint density at radius 3 is 3.20 bits per heavy atom. The third kappa shape index (κ3) is 0.885. The molecule has 54 valence electrons. The summed E-state index contributed by atoms with van der Waals surface area (Å²) in [6, 6.07) is 3.85. The summed E-state index contributed by atoms with van der Waals surface area (Å²) < 4.78 is 5.18. The fraction of sp³-hybridized carbons (Fsp3) is 0.429. The van der Waals surface area contributed by atoms with Crippen LogP contribution in [0, 0.1) is 0 Å². The number of nitrogens with zero attached hydrogens (tertiary/aromatic N) is 1. The van der Waals surface area contributed by atoms with Crippen LogP contribution in [0.4, 0.5) is 5.88 Å². The van der Waals surface area contributed by atoms with E-state index in [1.807, 2.05) is 17.1 Å². The van der Waals surface area contributed by atoms with Crippen LogP contribution in [0.25, 0.3) is 0 Å². The molecule has 0 unspecified atom stereocenters. The zero-order chi connectivity index (χ0) is 6.81. The van der Waals surface area contributed by atoms with E-state index in [2.05, 4.69) is 5.43 Å². The van der Waals surface area contributed by atoms with Gasteiger partial charge < -0.3 is 4.42 Å². The van der Waals surface area contributed by atoms with Crippen molar-refractivity contribution in [1.82, 2.24) is 5.43 Å². The lowest BCUT2D eigenvalue weighted by Gasteiger charge is -2.12. The maximum Gasteiger partial charge on any atom is 0.209 e. The van der Waals surface area contributed by atoms with Crippen molar-refractivity contribution in [1.29, 1.82) is 0 Å². The summed E-state index contributed by atoms with van der Waals surface area (Å²) in [6.45, 7) is 2.11. The van der Waals surface area contributed by atoms with Gasteiger partial charge in [0, 0.05) is 19.2 Å². The van der Waals surface area contributed by atoms with Crippen molar-refractivity contribution in [2.45, 2.75) is 6.42 Å². The van der Waals surface area contributed by atoms with Gasteiger partial charge in [-0.1, -0.05) is 0 Å². The Hall–Kier alpha value is -0.960. The highest BCUT2D eigenvalue weighted by molar-refractivity contribution is 5.33. The van der Waals surface area contributed by atoms with Gasteiger partial charge in [-0.05, 0) is 12.5 Å². The van der Waals surface area contributed by atoms with Crippen LogP contribution in [-0.4, -0.2) is 13.1 Å². The largest absolute Gasteiger partial charge is 0.447 e. The first-order chi connectivity index (χ1) is 4.97. The van der Waals surface area contributed by atoms with Crippen molar-refractivity contribution in [3.63, 3.8) is 0 Å². The predicted octanol–water partition coefficient (Wildman–Crippen LogP) is 0.994. The summed E-state index contributed by atoms with van der Waals surface area (Å²) >= 11 is 0. The molecule has 2 rings (SSSR count). The topological polar surface area (TPSA) is 28.4 Å². The van der Waals surface area contributed by atoms with E-state index in [1.54, 1.807) is 6.26 Å². The molecule has 0 amide bonds. The van der Waals surface area contributed by atoms with Gasteiger partial charge in [-0.25, -0.2) is 5.43 Å². The van der Waals surface area contributed by atoms with Crippen LogP contribution in [0.5, 0.6) is 0 Å². The second-order valence-electron chi connectivity index (χ2n) is 2.36. The lowest BCUT2D eigenvalue weighted by Crippen LogP contribution is -2.29. The van der Waals surface area contributed by atoms with Gasteiger partial charge in [0.25, 0.3) is 0 Å². The lowest BCUT2D eigenvalue weighted by atomic mass is 10.5. The van der Waals surface area contributed by atoms with Gasteiger partial charge in [-0.15, -0.1) is 0 Å². The van der Waals surface area contributed by atoms with Crippen molar-refractivity contribution in [2.24, 2.45) is 0 Å². The average molecular weight is 138 g/mol. The van der Waals surface area contributed by atoms with Crippen LogP contribution in [0.2, 0.25) is 0 Å². The Morgan fingerprint density at radius 2 is 2.60 bits per heavy atom. The number of anilines is 1. The number of rotatable bonds is 1. The van der Waals surface area contributed by atoms with Gasteiger partial charge in [0.15, 0.2) is 0 Å². The van der Waals surface area contributed by atoms with E-state index in [1.165, 1.54) is 6.42 Å². The Labute approximate surface area is 59.6 Å². The van der Waals surface area contributed by atoms with Crippen molar-refractivity contribution in [2.75, 3.05) is 18.1 Å². The molecular weight excluding hydrogens is 128 g/mol. The Balaban J connectivity index is 2.12. The highest BCUT2D eigenvalue weighted by atomic mass is 16.3. The third-order valence-electron chi connectivity index (χ3n) is 1.63. The van der Waals surface area contributed by atoms with Gasteiger partial charge in [0.05, 0.1) is 6.26 Å². The summed E-state index contributed by atoms with van der Waals surface area (Å²) in [7, 11) is 0. The van der Waals surface area contributed by atoms with Crippen LogP contribution in [0.3, 0.4) is 0 Å². The van der Waals surface area contributed by atoms with E-state index < -0.39 is 0 Å². The quantitative estimate of drug-likeness (QED) is 0.627. The van der Waals surface area contributed by atoms with E-state index >= 15 is 0 Å². The first-order valence-corrected chi connectivity index (χ1v) is 3.51. The van der Waals surface area contributed by atoms with Gasteiger partial charge in [0.2, 0.25) is 5.88 Å². The molecule has 10 heavy (non-hydrogen) atoms. The number of hydrazine groups is 1. The molecule has 1 aromatic rings. The molecular formula is C7H10N2O. The summed E-state index contributed by atoms with van der Waals surface area (Å²) in [6.07, 6.45) is 2.88. The standard InChI is InChI=1S/C7H10N2O/c1-3-7(10-6-1)9-5-2-4-8-9/h1,3,6,8H,2,4-5H2. The third-order valence-corrected chi connectivity index (χ3v) is 1.63. The minimum Gasteiger partial charge on any atom is -0.447 e. The van der Waals surface area contributed by atoms with E-state index in [0.29, 0.717) is 0 Å². The molecule has 0 radical (unpaired) electrons. The van der Waals surface area contributed by atoms with E-state index in [4.69, 9.17) is 4.42 Å². The Morgan fingerprint density at radius 1 is 1.60 bits per heavy atom. The van der Waals surface area contributed by atoms with Crippen molar-refractivity contribution in [3.8, 4) is 0 Å². The van der Waals surface area contributed by atoms with Crippen LogP contribution in [0.15, 0.2) is 22.8 Å². The van der Waals surface area contributed by atoms with Crippen molar-refractivity contribution >= 4 is 5.88 Å². The molecule has 2 heterocycles. The number of hydrogen-bond acceptors (Lipinski definition) is 3. The van der Waals surface area contributed by atoms with Gasteiger partial charge >= 0.3 is 0 Å². The van der Waals surface area contributed by atoms with Crippen LogP contribution >= 0.6 is 0 Å². The number of furan rings is 1. The fourth-order valence-corrected chi connectivity index (χ4v) is 1.14. The zero-order valence-corrected chi connectivity index (χ0v) is 5.71. The predicted molar refractivity (Wildman–Crippen MR) is 38.7 cm³/mol. The minimum absolute atomic E-state index is 0.914. The molecule has 1 aliphatic heterocycles. The molecule has 3 heteroatoms. The highest BCUT2D eigenvalue weighted by Crippen LogP contribution is 2.14. The average Bonchev–Trinajstić information content (AvgIpc) is 2.59. The monoisotopic (exact) mass is 138 g/mol. The van der Waals surface area contributed by atoms with Crippen molar-refractivity contribution < 1.29 is 4.42 Å². The first kappa shape index (κ1) is 5.80. The van der Waals surface area contributed by atoms with E-state index in [-0.39, 0.29) is 0 Å². The summed E-state index contributed by atoms with van der Waals surface area (Å²) in [5, 5.41) is 2.03. The molecule has 1 aromatic heterocycles. The Kier molecular flexibility index (Phi) is 1.36. The second-order valence-corrected chi connectivity index (χ2v) is 2.36. The van der Waals surface area contributed by atoms with E-state index in [0.717, 1.165) is 19.0 Å². The lowest BCUT2D eigenvalue weighted by molar-refractivity contribution is 0.539. The summed E-state index contributed by atoms with van der Waals surface area (Å²) in [5.74, 6) is 0.914. The van der Waals surface area contributed by atoms with E-state index in [9.17, 15) is 0 Å². The minimum atomic E-state index is 0.914. The maximum atomic E-state index is 5.18. The fourth-order valence-electron chi connectivity index (χ4n) is 1.14. The SMILES string of the molecule is c1coc(N2CCCN2)c1. The number of nitrogens with one attached hydrogen (secondary N) is 1. The molecule has 1 N–H and O–H groups in total. The first-order valence-electron chi connectivity index (χ1n) is 3.51. The molecule has 3 nitrogen and oxygen atoms in total. The summed E-state index contributed by atoms with van der Waals surface area (Å²) in [5.41, 5.74) is 3.20. The molecule has 1 aliphatic rings. The van der Waals surface area contributed by atoms with Crippen LogP contribution < -0.4 is 10.4 Å². The van der Waals surface area contributed by atoms with Gasteiger partial charge in [-0.3, -0.25) is 5.01 Å². The normalized spacial score (nSPS) is 18.2. The summed E-state index contributed by atoms with van der Waals surface area (Å²) in [4.78, 5) is 0. The second kappa shape index (κ2) is 2.34. The molecule has 0 aromatic carbocycles. The van der Waals surface area contributed by atoms with Gasteiger partial charge in [0.1, 0.15) is 0 Å². The molecule has 1 saturated heterocycles. The molecule has 0 spiro atoms. The Bertz CT molecular complexity index is 189. The number of hydrogen-bond donors (Lipinski definition) is 1. The van der Waals surface area contributed by atoms with Crippen molar-refractivity contribution in [3.05, 3.63) is 18.4 Å². The molecule has 0 saturated carbocycles. The van der Waals surface area contributed by atoms with Crippen LogP contribution in [0.1, 0.15) is 6.42 Å². The molecule has 0 bridgehead atoms. The molecule has 0 aliphatic carbocycles. The molecule has 0 atom stereocenters. The molecule has 1 fully saturated rings. The zero-order valence-electron chi connectivity index (χ0n) is 5.71. The maximum absolute atomic E-state index is 5.18. The highest BCUT2D eigenvalue weighted by Gasteiger charge is 2.12.